The van der Waals surface area contributed by atoms with Crippen molar-refractivity contribution in [1.82, 2.24) is 14.9 Å². The number of amides is 1. The van der Waals surface area contributed by atoms with Crippen LogP contribution in [0.2, 0.25) is 0 Å². The molecule has 0 aliphatic rings. The number of hydrogen-bond acceptors (Lipinski definition) is 3. The quantitative estimate of drug-likeness (QED) is 0.551. The molecule has 5 heteroatoms. The Hall–Kier alpha value is -1.36. The molecule has 12 heavy (non-hydrogen) atoms. The third-order valence-electron chi connectivity index (χ3n) is 1.41. The maximum absolute atomic E-state index is 10.3. The van der Waals surface area contributed by atoms with Crippen LogP contribution in [0.15, 0.2) is 18.7 Å². The standard InChI is InChI=1S/C7H12N4O/c8-7(12)5-9-1-3-11-4-2-10-6-11/h2,4,6,9H,1,3,5H2,(H2,8,12). The maximum Gasteiger partial charge on any atom is 0.231 e. The molecule has 0 spiro atoms. The van der Waals surface area contributed by atoms with Gasteiger partial charge in [0.05, 0.1) is 12.9 Å². The number of hydrogen-bond donors (Lipinski definition) is 2. The van der Waals surface area contributed by atoms with Crippen molar-refractivity contribution in [3.8, 4) is 0 Å². The molecular weight excluding hydrogens is 156 g/mol. The van der Waals surface area contributed by atoms with Crippen LogP contribution in [0, 0.1) is 0 Å². The Balaban J connectivity index is 2.07. The Labute approximate surface area is 70.6 Å². The van der Waals surface area contributed by atoms with E-state index in [1.807, 2.05) is 10.8 Å². The summed E-state index contributed by atoms with van der Waals surface area (Å²) in [5.74, 6) is -0.333. The molecule has 0 fully saturated rings. The molecule has 66 valence electrons. The number of nitrogens with one attached hydrogen (secondary N) is 1. The average molecular weight is 168 g/mol. The van der Waals surface area contributed by atoms with Crippen LogP contribution in [0.4, 0.5) is 0 Å². The first-order valence-corrected chi connectivity index (χ1v) is 3.74. The van der Waals surface area contributed by atoms with Gasteiger partial charge < -0.3 is 15.6 Å². The number of rotatable bonds is 5. The zero-order valence-electron chi connectivity index (χ0n) is 6.73. The van der Waals surface area contributed by atoms with Gasteiger partial charge >= 0.3 is 0 Å². The highest BCUT2D eigenvalue weighted by atomic mass is 16.1. The summed E-state index contributed by atoms with van der Waals surface area (Å²) in [7, 11) is 0. The van der Waals surface area contributed by atoms with Crippen LogP contribution in [0.1, 0.15) is 0 Å². The van der Waals surface area contributed by atoms with E-state index in [1.165, 1.54) is 0 Å². The van der Waals surface area contributed by atoms with Crippen LogP contribution >= 0.6 is 0 Å². The van der Waals surface area contributed by atoms with Crippen molar-refractivity contribution in [2.75, 3.05) is 13.1 Å². The fourth-order valence-corrected chi connectivity index (χ4v) is 0.839. The minimum absolute atomic E-state index is 0.231. The van der Waals surface area contributed by atoms with Crippen molar-refractivity contribution in [2.45, 2.75) is 6.54 Å². The molecule has 1 aromatic rings. The Morgan fingerprint density at radius 3 is 3.08 bits per heavy atom. The van der Waals surface area contributed by atoms with Crippen molar-refractivity contribution in [3.63, 3.8) is 0 Å². The number of nitrogens with zero attached hydrogens (tertiary/aromatic N) is 2. The molecule has 0 aliphatic carbocycles. The third kappa shape index (κ3) is 3.16. The first kappa shape index (κ1) is 8.73. The number of carbonyl (C=O) groups is 1. The summed E-state index contributed by atoms with van der Waals surface area (Å²) in [6.07, 6.45) is 5.31. The van der Waals surface area contributed by atoms with E-state index in [9.17, 15) is 4.79 Å². The fourth-order valence-electron chi connectivity index (χ4n) is 0.839. The summed E-state index contributed by atoms with van der Waals surface area (Å²) in [5, 5.41) is 2.90. The van der Waals surface area contributed by atoms with E-state index < -0.39 is 0 Å². The number of imidazole rings is 1. The lowest BCUT2D eigenvalue weighted by atomic mass is 10.5. The highest BCUT2D eigenvalue weighted by molar-refractivity contribution is 5.75. The van der Waals surface area contributed by atoms with Gasteiger partial charge in [0, 0.05) is 25.5 Å². The summed E-state index contributed by atoms with van der Waals surface area (Å²) < 4.78 is 1.92. The molecule has 0 bridgehead atoms. The Morgan fingerprint density at radius 2 is 2.50 bits per heavy atom. The number of carbonyl (C=O) groups excluding carboxylic acids is 1. The summed E-state index contributed by atoms with van der Waals surface area (Å²) in [5.41, 5.74) is 4.93. The Kier molecular flexibility index (Phi) is 3.28. The monoisotopic (exact) mass is 168 g/mol. The molecule has 1 heterocycles. The van der Waals surface area contributed by atoms with E-state index in [0.717, 1.165) is 13.1 Å². The van der Waals surface area contributed by atoms with Gasteiger partial charge in [0.2, 0.25) is 5.91 Å². The van der Waals surface area contributed by atoms with Crippen LogP contribution in [0.25, 0.3) is 0 Å². The van der Waals surface area contributed by atoms with E-state index in [2.05, 4.69) is 10.3 Å². The van der Waals surface area contributed by atoms with Gasteiger partial charge in [-0.3, -0.25) is 4.79 Å². The van der Waals surface area contributed by atoms with Gasteiger partial charge in [-0.1, -0.05) is 0 Å². The van der Waals surface area contributed by atoms with Gasteiger partial charge in [0.1, 0.15) is 0 Å². The number of aromatic nitrogens is 2. The summed E-state index contributed by atoms with van der Waals surface area (Å²) in [6.45, 7) is 1.75. The second kappa shape index (κ2) is 4.50. The van der Waals surface area contributed by atoms with E-state index in [4.69, 9.17) is 5.73 Å². The van der Waals surface area contributed by atoms with E-state index in [-0.39, 0.29) is 12.5 Å². The Morgan fingerprint density at radius 1 is 1.67 bits per heavy atom. The first-order valence-electron chi connectivity index (χ1n) is 3.74. The zero-order chi connectivity index (χ0) is 8.81. The fraction of sp³-hybridized carbons (Fsp3) is 0.429. The van der Waals surface area contributed by atoms with Gasteiger partial charge in [-0.05, 0) is 0 Å². The number of primary amides is 1. The minimum atomic E-state index is -0.333. The van der Waals surface area contributed by atoms with Gasteiger partial charge in [-0.25, -0.2) is 4.98 Å². The summed E-state index contributed by atoms with van der Waals surface area (Å²) in [6, 6.07) is 0. The molecular formula is C7H12N4O. The second-order valence-corrected chi connectivity index (χ2v) is 2.44. The van der Waals surface area contributed by atoms with E-state index in [1.54, 1.807) is 12.5 Å². The van der Waals surface area contributed by atoms with E-state index in [0.29, 0.717) is 0 Å². The Bertz CT molecular complexity index is 232. The lowest BCUT2D eigenvalue weighted by Gasteiger charge is -2.02. The van der Waals surface area contributed by atoms with Crippen molar-refractivity contribution in [3.05, 3.63) is 18.7 Å². The van der Waals surface area contributed by atoms with Crippen molar-refractivity contribution < 1.29 is 4.79 Å². The molecule has 0 radical (unpaired) electrons. The summed E-state index contributed by atoms with van der Waals surface area (Å²) >= 11 is 0. The molecule has 1 rings (SSSR count). The molecule has 0 atom stereocenters. The second-order valence-electron chi connectivity index (χ2n) is 2.44. The normalized spacial score (nSPS) is 10.0. The average Bonchev–Trinajstić information content (AvgIpc) is 2.49. The molecule has 5 nitrogen and oxygen atoms in total. The SMILES string of the molecule is NC(=O)CNCCn1ccnc1. The van der Waals surface area contributed by atoms with Crippen LogP contribution in [-0.4, -0.2) is 28.5 Å². The van der Waals surface area contributed by atoms with Gasteiger partial charge in [-0.2, -0.15) is 0 Å². The predicted molar refractivity (Wildman–Crippen MR) is 44.3 cm³/mol. The van der Waals surface area contributed by atoms with Gasteiger partial charge in [-0.15, -0.1) is 0 Å². The highest BCUT2D eigenvalue weighted by Gasteiger charge is 1.92. The third-order valence-corrected chi connectivity index (χ3v) is 1.41. The minimum Gasteiger partial charge on any atom is -0.369 e. The highest BCUT2D eigenvalue weighted by Crippen LogP contribution is 1.82. The van der Waals surface area contributed by atoms with Crippen molar-refractivity contribution in [1.29, 1.82) is 0 Å². The topological polar surface area (TPSA) is 72.9 Å². The van der Waals surface area contributed by atoms with Crippen molar-refractivity contribution in [2.24, 2.45) is 5.73 Å². The number of nitrogens with two attached hydrogens (primary N) is 1. The molecule has 3 N–H and O–H groups in total. The van der Waals surface area contributed by atoms with Crippen LogP contribution in [0.5, 0.6) is 0 Å². The van der Waals surface area contributed by atoms with Crippen LogP contribution in [-0.2, 0) is 11.3 Å². The molecule has 1 aromatic heterocycles. The predicted octanol–water partition coefficient (Wildman–Crippen LogP) is -1.04. The smallest absolute Gasteiger partial charge is 0.231 e. The molecule has 0 aliphatic heterocycles. The van der Waals surface area contributed by atoms with Crippen LogP contribution in [0.3, 0.4) is 0 Å². The molecule has 0 unspecified atom stereocenters. The molecule has 0 saturated carbocycles. The van der Waals surface area contributed by atoms with Gasteiger partial charge in [0.25, 0.3) is 0 Å². The van der Waals surface area contributed by atoms with Gasteiger partial charge in [0.15, 0.2) is 0 Å². The maximum atomic E-state index is 10.3. The van der Waals surface area contributed by atoms with Crippen molar-refractivity contribution >= 4 is 5.91 Å². The molecule has 0 aromatic carbocycles. The van der Waals surface area contributed by atoms with Crippen LogP contribution < -0.4 is 11.1 Å². The molecule has 0 saturated heterocycles. The zero-order valence-corrected chi connectivity index (χ0v) is 6.73. The lowest BCUT2D eigenvalue weighted by Crippen LogP contribution is -2.30. The van der Waals surface area contributed by atoms with E-state index >= 15 is 0 Å². The largest absolute Gasteiger partial charge is 0.369 e. The lowest BCUT2D eigenvalue weighted by molar-refractivity contribution is -0.117. The first-order chi connectivity index (χ1) is 5.79. The summed E-state index contributed by atoms with van der Waals surface area (Å²) in [4.78, 5) is 14.2. The molecule has 1 amide bonds.